The number of hydrogen-bond acceptors (Lipinski definition) is 5. The molecule has 0 aromatic heterocycles. The first-order valence-corrected chi connectivity index (χ1v) is 13.8. The van der Waals surface area contributed by atoms with Crippen molar-refractivity contribution in [3.63, 3.8) is 0 Å². The molecular formula is C31H31F5N2O4. The molecule has 2 aliphatic rings. The first kappa shape index (κ1) is 29.8. The number of aliphatic hydroxyl groups excluding tert-OH is 1. The van der Waals surface area contributed by atoms with Gasteiger partial charge in [-0.3, -0.25) is 4.79 Å². The molecule has 2 fully saturated rings. The minimum atomic E-state index is -4.72. The summed E-state index contributed by atoms with van der Waals surface area (Å²) in [6, 6.07) is 9.17. The lowest BCUT2D eigenvalue weighted by Gasteiger charge is -2.20. The molecule has 3 aromatic rings. The van der Waals surface area contributed by atoms with Crippen molar-refractivity contribution in [1.82, 2.24) is 4.90 Å². The van der Waals surface area contributed by atoms with Gasteiger partial charge in [0.25, 0.3) is 5.91 Å². The Balaban J connectivity index is 1.40. The van der Waals surface area contributed by atoms with Gasteiger partial charge >= 0.3 is 6.18 Å². The van der Waals surface area contributed by atoms with Crippen molar-refractivity contribution < 1.29 is 41.3 Å². The third-order valence-corrected chi connectivity index (χ3v) is 7.36. The molecule has 0 bridgehead atoms. The highest BCUT2D eigenvalue weighted by Gasteiger charge is 2.40. The number of aryl methyl sites for hydroxylation is 1. The van der Waals surface area contributed by atoms with Crippen LogP contribution in [0.4, 0.5) is 27.6 Å². The van der Waals surface area contributed by atoms with Gasteiger partial charge in [0.05, 0.1) is 11.1 Å². The van der Waals surface area contributed by atoms with Crippen LogP contribution >= 0.6 is 0 Å². The first-order valence-electron chi connectivity index (χ1n) is 13.8. The van der Waals surface area contributed by atoms with Gasteiger partial charge in [0.1, 0.15) is 30.0 Å². The van der Waals surface area contributed by atoms with E-state index in [1.165, 1.54) is 30.3 Å². The van der Waals surface area contributed by atoms with E-state index in [9.17, 15) is 31.9 Å². The number of carbonyl (C=O) groups excluding carboxylic acids is 1. The van der Waals surface area contributed by atoms with E-state index in [1.54, 1.807) is 6.92 Å². The predicted octanol–water partition coefficient (Wildman–Crippen LogP) is 7.05. The highest BCUT2D eigenvalue weighted by molar-refractivity contribution is 6.06. The Morgan fingerprint density at radius 3 is 2.43 bits per heavy atom. The number of β-amino-alcohol motifs (C(OH)–C–C–N with tert-alkyl or cyclic N) is 1. The van der Waals surface area contributed by atoms with Crippen LogP contribution in [0.5, 0.6) is 17.2 Å². The number of benzene rings is 3. The van der Waals surface area contributed by atoms with Crippen molar-refractivity contribution in [2.45, 2.75) is 50.8 Å². The van der Waals surface area contributed by atoms with Crippen molar-refractivity contribution in [2.24, 2.45) is 0 Å². The van der Waals surface area contributed by atoms with Gasteiger partial charge in [0.15, 0.2) is 11.6 Å². The Morgan fingerprint density at radius 1 is 1.02 bits per heavy atom. The maximum Gasteiger partial charge on any atom is 0.416 e. The van der Waals surface area contributed by atoms with Crippen LogP contribution < -0.4 is 14.8 Å². The van der Waals surface area contributed by atoms with Gasteiger partial charge in [0, 0.05) is 18.3 Å². The number of nitrogens with zero attached hydrogens (tertiary/aromatic N) is 1. The molecule has 1 aliphatic heterocycles. The second kappa shape index (κ2) is 12.3. The average Bonchev–Trinajstić information content (AvgIpc) is 3.66. The number of likely N-dealkylation sites (tertiary alicyclic amines) is 1. The lowest BCUT2D eigenvalue weighted by Crippen LogP contribution is -2.33. The van der Waals surface area contributed by atoms with Crippen LogP contribution in [0.3, 0.4) is 0 Å². The Morgan fingerprint density at radius 2 is 1.76 bits per heavy atom. The Labute approximate surface area is 240 Å². The molecule has 3 aromatic carbocycles. The lowest BCUT2D eigenvalue weighted by atomic mass is 9.98. The highest BCUT2D eigenvalue weighted by atomic mass is 19.4. The van der Waals surface area contributed by atoms with Gasteiger partial charge in [-0.15, -0.1) is 0 Å². The summed E-state index contributed by atoms with van der Waals surface area (Å²) in [5.74, 6) is -2.66. The molecule has 1 heterocycles. The highest BCUT2D eigenvalue weighted by Crippen LogP contribution is 2.48. The smallest absolute Gasteiger partial charge is 0.416 e. The number of anilines is 1. The number of rotatable bonds is 10. The molecule has 2 N–H and O–H groups in total. The predicted molar refractivity (Wildman–Crippen MR) is 146 cm³/mol. The summed E-state index contributed by atoms with van der Waals surface area (Å²) in [5, 5.41) is 12.8. The molecule has 11 heteroatoms. The molecular weight excluding hydrogens is 559 g/mol. The Hall–Kier alpha value is -3.70. The first-order chi connectivity index (χ1) is 20.0. The summed E-state index contributed by atoms with van der Waals surface area (Å²) in [6.45, 7) is 3.52. The monoisotopic (exact) mass is 590 g/mol. The number of alkyl halides is 3. The van der Waals surface area contributed by atoms with Gasteiger partial charge in [-0.1, -0.05) is 0 Å². The van der Waals surface area contributed by atoms with Crippen LogP contribution in [0.25, 0.3) is 0 Å². The van der Waals surface area contributed by atoms with Gasteiger partial charge in [-0.25, -0.2) is 8.78 Å². The zero-order valence-corrected chi connectivity index (χ0v) is 22.9. The van der Waals surface area contributed by atoms with Gasteiger partial charge < -0.3 is 24.8 Å². The van der Waals surface area contributed by atoms with Gasteiger partial charge in [0.2, 0.25) is 0 Å². The number of ether oxygens (including phenoxy) is 2. The van der Waals surface area contributed by atoms with E-state index in [4.69, 9.17) is 9.47 Å². The van der Waals surface area contributed by atoms with Gasteiger partial charge in [-0.2, -0.15) is 13.2 Å². The number of halogens is 5. The fourth-order valence-corrected chi connectivity index (χ4v) is 5.07. The Kier molecular flexibility index (Phi) is 8.70. The van der Waals surface area contributed by atoms with Gasteiger partial charge in [-0.05, 0) is 105 Å². The topological polar surface area (TPSA) is 71.0 Å². The molecule has 42 heavy (non-hydrogen) atoms. The number of aliphatic hydroxyl groups is 1. The number of amides is 1. The average molecular weight is 591 g/mol. The summed E-state index contributed by atoms with van der Waals surface area (Å²) in [7, 11) is 0. The van der Waals surface area contributed by atoms with E-state index in [2.05, 4.69) is 10.2 Å². The van der Waals surface area contributed by atoms with E-state index >= 15 is 0 Å². The van der Waals surface area contributed by atoms with Crippen LogP contribution in [0.2, 0.25) is 0 Å². The van der Waals surface area contributed by atoms with E-state index in [1.807, 2.05) is 0 Å². The summed E-state index contributed by atoms with van der Waals surface area (Å²) in [6.07, 6.45) is -2.32. The van der Waals surface area contributed by atoms with Crippen molar-refractivity contribution >= 4 is 11.6 Å². The zero-order valence-electron chi connectivity index (χ0n) is 22.9. The Bertz CT molecular complexity index is 1450. The molecule has 1 saturated carbocycles. The fourth-order valence-electron chi connectivity index (χ4n) is 5.07. The SMILES string of the molecule is Cc1cc(F)ccc1Oc1cc(C2CC2)c(C(F)(F)F)cc1C(=O)Nc1ccc(F)c(OCC(O)CN2CCCC2)c1. The maximum absolute atomic E-state index is 14.5. The minimum absolute atomic E-state index is 0.0266. The lowest BCUT2D eigenvalue weighted by molar-refractivity contribution is -0.138. The van der Waals surface area contributed by atoms with Crippen molar-refractivity contribution in [3.8, 4) is 17.2 Å². The second-order valence-corrected chi connectivity index (χ2v) is 10.8. The molecule has 1 unspecified atom stereocenters. The summed E-state index contributed by atoms with van der Waals surface area (Å²) in [4.78, 5) is 15.5. The maximum atomic E-state index is 14.5. The molecule has 5 rings (SSSR count). The third kappa shape index (κ3) is 7.19. The van der Waals surface area contributed by atoms with Crippen LogP contribution in [-0.2, 0) is 6.18 Å². The zero-order chi connectivity index (χ0) is 30.0. The summed E-state index contributed by atoms with van der Waals surface area (Å²) < 4.78 is 81.6. The number of hydrogen-bond donors (Lipinski definition) is 2. The third-order valence-electron chi connectivity index (χ3n) is 7.36. The quantitative estimate of drug-likeness (QED) is 0.248. The molecule has 224 valence electrons. The van der Waals surface area contributed by atoms with E-state index in [0.29, 0.717) is 24.9 Å². The molecule has 0 radical (unpaired) electrons. The van der Waals surface area contributed by atoms with Crippen LogP contribution in [-0.4, -0.2) is 48.3 Å². The molecule has 6 nitrogen and oxygen atoms in total. The summed E-state index contributed by atoms with van der Waals surface area (Å²) in [5.41, 5.74) is -0.855. The standard InChI is InChI=1S/C31H31F5N2O4/c1-18-12-20(32)6-9-27(18)42-28-15-23(19-4-5-19)25(31(34,35)36)14-24(28)30(40)37-21-7-8-26(33)29(13-21)41-17-22(39)16-38-10-2-3-11-38/h6-9,12-15,19,22,39H,2-5,10-11,16-17H2,1H3,(H,37,40). The molecule has 0 spiro atoms. The van der Waals surface area contributed by atoms with Crippen LogP contribution in [0.1, 0.15) is 58.6 Å². The van der Waals surface area contributed by atoms with Crippen molar-refractivity contribution in [3.05, 3.63) is 82.4 Å². The summed E-state index contributed by atoms with van der Waals surface area (Å²) >= 11 is 0. The van der Waals surface area contributed by atoms with E-state index < -0.39 is 40.9 Å². The fraction of sp³-hybridized carbons (Fsp3) is 0.387. The minimum Gasteiger partial charge on any atom is -0.488 e. The van der Waals surface area contributed by atoms with Crippen LogP contribution in [0.15, 0.2) is 48.5 Å². The molecule has 1 aliphatic carbocycles. The normalized spacial score (nSPS) is 16.4. The number of carbonyl (C=O) groups is 1. The van der Waals surface area contributed by atoms with Crippen LogP contribution in [0, 0.1) is 18.6 Å². The number of nitrogens with one attached hydrogen (secondary N) is 1. The molecule has 1 saturated heterocycles. The molecule has 1 atom stereocenters. The molecule has 1 amide bonds. The second-order valence-electron chi connectivity index (χ2n) is 10.8. The largest absolute Gasteiger partial charge is 0.488 e. The van der Waals surface area contributed by atoms with Crippen molar-refractivity contribution in [2.75, 3.05) is 31.6 Å². The van der Waals surface area contributed by atoms with E-state index in [-0.39, 0.29) is 41.0 Å². The van der Waals surface area contributed by atoms with E-state index in [0.717, 1.165) is 44.1 Å². The van der Waals surface area contributed by atoms with Crippen molar-refractivity contribution in [1.29, 1.82) is 0 Å².